The third-order valence-electron chi connectivity index (χ3n) is 17.3. The fourth-order valence-corrected chi connectivity index (χ4v) is 12.4. The van der Waals surface area contributed by atoms with E-state index >= 15 is 0 Å². The van der Waals surface area contributed by atoms with E-state index in [-0.39, 0.29) is 25.7 Å². The SMILES string of the molecule is CCC(C)CCCCCCCCC(=O)OC[C@H](COP(=O)(O)OC[C@@H](O)COP(=O)(O)OC[C@@H](COC(=O)CCCCCCCCC(C)CC)OC(=O)CCCCCCCCCCCCCC(C)C)OC(=O)CCCCCCCCCCCCCCCCC(C)C. The van der Waals surface area contributed by atoms with E-state index in [9.17, 15) is 43.2 Å². The van der Waals surface area contributed by atoms with Crippen LogP contribution in [0.4, 0.5) is 0 Å². The molecule has 0 rings (SSSR count). The Labute approximate surface area is 556 Å². The van der Waals surface area contributed by atoms with Crippen molar-refractivity contribution in [2.75, 3.05) is 39.6 Å². The molecule has 0 aliphatic heterocycles. The fraction of sp³-hybridized carbons (Fsp3) is 0.944. The van der Waals surface area contributed by atoms with Crippen molar-refractivity contribution in [3.05, 3.63) is 0 Å². The van der Waals surface area contributed by atoms with Crippen molar-refractivity contribution < 1.29 is 80.2 Å². The normalized spacial score (nSPS) is 14.8. The van der Waals surface area contributed by atoms with Gasteiger partial charge in [-0.2, -0.15) is 0 Å². The first kappa shape index (κ1) is 89.1. The maximum Gasteiger partial charge on any atom is 0.472 e. The third kappa shape index (κ3) is 63.9. The lowest BCUT2D eigenvalue weighted by Gasteiger charge is -2.21. The Kier molecular flexibility index (Phi) is 60.3. The quantitative estimate of drug-likeness (QED) is 0.0222. The van der Waals surface area contributed by atoms with Crippen LogP contribution in [0, 0.1) is 23.7 Å². The van der Waals surface area contributed by atoms with Crippen molar-refractivity contribution >= 4 is 39.5 Å². The lowest BCUT2D eigenvalue weighted by molar-refractivity contribution is -0.161. The number of carbonyl (C=O) groups is 4. The van der Waals surface area contributed by atoms with E-state index in [0.29, 0.717) is 25.7 Å². The maximum absolute atomic E-state index is 13.0. The smallest absolute Gasteiger partial charge is 0.462 e. The number of esters is 4. The number of aliphatic hydroxyl groups is 1. The summed E-state index contributed by atoms with van der Waals surface area (Å²) in [5.41, 5.74) is 0. The molecule has 0 aromatic carbocycles. The van der Waals surface area contributed by atoms with Crippen LogP contribution in [0.5, 0.6) is 0 Å². The number of phosphoric acid groups is 2. The topological polar surface area (TPSA) is 237 Å². The highest BCUT2D eigenvalue weighted by Gasteiger charge is 2.30. The molecule has 0 saturated heterocycles. The van der Waals surface area contributed by atoms with Gasteiger partial charge in [-0.15, -0.1) is 0 Å². The van der Waals surface area contributed by atoms with Gasteiger partial charge in [0.05, 0.1) is 26.4 Å². The van der Waals surface area contributed by atoms with Gasteiger partial charge in [-0.3, -0.25) is 37.3 Å². The van der Waals surface area contributed by atoms with Gasteiger partial charge in [0.2, 0.25) is 0 Å². The van der Waals surface area contributed by atoms with Crippen LogP contribution in [-0.2, 0) is 65.4 Å². The molecule has 0 spiro atoms. The van der Waals surface area contributed by atoms with E-state index in [0.717, 1.165) is 126 Å². The average Bonchev–Trinajstić information content (AvgIpc) is 2.80. The highest BCUT2D eigenvalue weighted by Crippen LogP contribution is 2.45. The van der Waals surface area contributed by atoms with Crippen molar-refractivity contribution in [2.45, 2.75) is 375 Å². The minimum atomic E-state index is -4.95. The summed E-state index contributed by atoms with van der Waals surface area (Å²) in [6.07, 6.45) is 44.5. The molecule has 0 saturated carbocycles. The van der Waals surface area contributed by atoms with Gasteiger partial charge >= 0.3 is 39.5 Å². The lowest BCUT2D eigenvalue weighted by Crippen LogP contribution is -2.30. The van der Waals surface area contributed by atoms with Crippen molar-refractivity contribution in [1.29, 1.82) is 0 Å². The summed E-state index contributed by atoms with van der Waals surface area (Å²) in [7, 11) is -9.91. The molecule has 0 radical (unpaired) electrons. The second kappa shape index (κ2) is 61.6. The lowest BCUT2D eigenvalue weighted by atomic mass is 10.00. The molecule has 19 heteroatoms. The average molecular weight is 1340 g/mol. The van der Waals surface area contributed by atoms with Crippen LogP contribution in [0.2, 0.25) is 0 Å². The fourth-order valence-electron chi connectivity index (χ4n) is 10.8. The van der Waals surface area contributed by atoms with Gasteiger partial charge in [-0.25, -0.2) is 9.13 Å². The van der Waals surface area contributed by atoms with E-state index < -0.39 is 97.5 Å². The Bertz CT molecular complexity index is 1800. The van der Waals surface area contributed by atoms with Crippen LogP contribution in [0.25, 0.3) is 0 Å². The number of unbranched alkanes of at least 4 members (excludes halogenated alkanes) is 33. The molecule has 540 valence electrons. The molecule has 91 heavy (non-hydrogen) atoms. The molecule has 0 heterocycles. The first-order chi connectivity index (χ1) is 43.7. The van der Waals surface area contributed by atoms with Crippen molar-refractivity contribution in [1.82, 2.24) is 0 Å². The zero-order valence-corrected chi connectivity index (χ0v) is 61.3. The van der Waals surface area contributed by atoms with E-state index in [1.165, 1.54) is 148 Å². The summed E-state index contributed by atoms with van der Waals surface area (Å²) in [6.45, 7) is 14.1. The molecule has 0 amide bonds. The number of carbonyl (C=O) groups excluding carboxylic acids is 4. The summed E-state index contributed by atoms with van der Waals surface area (Å²) in [5.74, 6) is 0.894. The molecule has 4 unspecified atom stereocenters. The van der Waals surface area contributed by atoms with Gasteiger partial charge in [0.1, 0.15) is 19.3 Å². The monoisotopic (exact) mass is 1340 g/mol. The molecule has 0 bridgehead atoms. The van der Waals surface area contributed by atoms with E-state index in [1.807, 2.05) is 0 Å². The number of phosphoric ester groups is 2. The molecule has 0 fully saturated rings. The van der Waals surface area contributed by atoms with Crippen LogP contribution in [0.3, 0.4) is 0 Å². The van der Waals surface area contributed by atoms with Crippen molar-refractivity contribution in [3.63, 3.8) is 0 Å². The second-order valence-electron chi connectivity index (χ2n) is 27.4. The summed E-state index contributed by atoms with van der Waals surface area (Å²) >= 11 is 0. The molecule has 3 N–H and O–H groups in total. The highest BCUT2D eigenvalue weighted by molar-refractivity contribution is 7.47. The molecule has 0 aromatic rings. The largest absolute Gasteiger partial charge is 0.472 e. The number of hydrogen-bond donors (Lipinski definition) is 3. The van der Waals surface area contributed by atoms with Gasteiger partial charge in [0, 0.05) is 25.7 Å². The van der Waals surface area contributed by atoms with Crippen LogP contribution < -0.4 is 0 Å². The highest BCUT2D eigenvalue weighted by atomic mass is 31.2. The predicted molar refractivity (Wildman–Crippen MR) is 367 cm³/mol. The summed E-state index contributed by atoms with van der Waals surface area (Å²) in [4.78, 5) is 72.6. The standard InChI is InChI=1S/C72H140O17P2/c1-9-64(7)50-42-34-28-30-36-44-52-69(74)82-58-67(88-71(76)54-46-38-26-22-18-14-12-11-13-16-20-24-32-40-48-62(3)4)60-86-90(78,79)84-56-66(73)57-85-91(80,81)87-61-68(59-83-70(75)53-45-37-31-29-35-43-51-65(8)10-2)89-72(77)55-47-39-27-23-19-15-17-21-25-33-41-49-63(5)6/h62-68,73H,9-61H2,1-8H3,(H,78,79)(H,80,81)/t64?,65?,66-,67-,68-/m1/s1. The first-order valence-electron chi connectivity index (χ1n) is 37.3. The van der Waals surface area contributed by atoms with Gasteiger partial charge < -0.3 is 33.8 Å². The first-order valence-corrected chi connectivity index (χ1v) is 40.3. The third-order valence-corrected chi connectivity index (χ3v) is 19.2. The predicted octanol–water partition coefficient (Wildman–Crippen LogP) is 20.5. The van der Waals surface area contributed by atoms with Gasteiger partial charge in [0.25, 0.3) is 0 Å². The van der Waals surface area contributed by atoms with Crippen LogP contribution in [0.1, 0.15) is 357 Å². The van der Waals surface area contributed by atoms with E-state index in [1.54, 1.807) is 0 Å². The number of hydrogen-bond acceptors (Lipinski definition) is 15. The summed E-state index contributed by atoms with van der Waals surface area (Å²) < 4.78 is 68.3. The zero-order chi connectivity index (χ0) is 67.5. The summed E-state index contributed by atoms with van der Waals surface area (Å²) in [5, 5.41) is 10.6. The molecule has 0 aliphatic rings. The molecule has 7 atom stereocenters. The molecule has 17 nitrogen and oxygen atoms in total. The number of aliphatic hydroxyl groups excluding tert-OH is 1. The Balaban J connectivity index is 5.24. The Hall–Kier alpha value is -1.94. The van der Waals surface area contributed by atoms with Crippen LogP contribution >= 0.6 is 15.6 Å². The zero-order valence-electron chi connectivity index (χ0n) is 59.5. The van der Waals surface area contributed by atoms with Crippen LogP contribution in [-0.4, -0.2) is 96.7 Å². The molecular formula is C72H140O17P2. The van der Waals surface area contributed by atoms with Gasteiger partial charge in [-0.05, 0) is 49.4 Å². The number of rotatable bonds is 69. The van der Waals surface area contributed by atoms with Gasteiger partial charge in [0.15, 0.2) is 12.2 Å². The number of ether oxygens (including phenoxy) is 4. The van der Waals surface area contributed by atoms with Gasteiger partial charge in [-0.1, -0.05) is 306 Å². The molecular weight excluding hydrogens is 1200 g/mol. The molecule has 0 aliphatic carbocycles. The minimum absolute atomic E-state index is 0.105. The van der Waals surface area contributed by atoms with E-state index in [2.05, 4.69) is 55.4 Å². The second-order valence-corrected chi connectivity index (χ2v) is 30.3. The molecule has 0 aromatic heterocycles. The van der Waals surface area contributed by atoms with Crippen molar-refractivity contribution in [3.8, 4) is 0 Å². The Morgan fingerprint density at radius 1 is 0.308 bits per heavy atom. The van der Waals surface area contributed by atoms with E-state index in [4.69, 9.17) is 37.0 Å². The minimum Gasteiger partial charge on any atom is -0.462 e. The Morgan fingerprint density at radius 2 is 0.527 bits per heavy atom. The Morgan fingerprint density at radius 3 is 0.780 bits per heavy atom. The maximum atomic E-state index is 13.0. The van der Waals surface area contributed by atoms with Crippen LogP contribution in [0.15, 0.2) is 0 Å². The van der Waals surface area contributed by atoms with Crippen molar-refractivity contribution in [2.24, 2.45) is 23.7 Å². The summed E-state index contributed by atoms with van der Waals surface area (Å²) in [6, 6.07) is 0.